The Morgan fingerprint density at radius 2 is 1.74 bits per heavy atom. The minimum Gasteiger partial charge on any atom is -0.493 e. The summed E-state index contributed by atoms with van der Waals surface area (Å²) >= 11 is -2.16. The number of pyridine rings is 1. The van der Waals surface area contributed by atoms with Gasteiger partial charge in [-0.25, -0.2) is 4.21 Å². The van der Waals surface area contributed by atoms with Gasteiger partial charge in [-0.3, -0.25) is 9.36 Å². The van der Waals surface area contributed by atoms with Gasteiger partial charge in [0, 0.05) is 18.3 Å². The molecule has 1 aromatic heterocycles. The number of halogens is 3. The minimum atomic E-state index is -4.79. The Hall–Kier alpha value is -3.35. The topological polar surface area (TPSA) is 107 Å². The Balaban J connectivity index is 1.79. The summed E-state index contributed by atoms with van der Waals surface area (Å²) in [6.45, 7) is -0.233. The highest BCUT2D eigenvalue weighted by atomic mass is 32.2. The molecule has 0 fully saturated rings. The van der Waals surface area contributed by atoms with Crippen molar-refractivity contribution in [3.05, 3.63) is 71.1 Å². The zero-order valence-electron chi connectivity index (χ0n) is 17.7. The number of hydrogen-bond donors (Lipinski definition) is 2. The maximum atomic E-state index is 12.7. The number of methoxy groups -OCH3 is 1. The highest BCUT2D eigenvalue weighted by Crippen LogP contribution is 2.30. The molecule has 0 radical (unpaired) electrons. The van der Waals surface area contributed by atoms with E-state index in [0.29, 0.717) is 16.8 Å². The van der Waals surface area contributed by atoms with Gasteiger partial charge in [-0.15, -0.1) is 13.2 Å². The summed E-state index contributed by atoms with van der Waals surface area (Å²) in [5.41, 5.74) is 1.08. The van der Waals surface area contributed by atoms with Crippen molar-refractivity contribution in [2.75, 3.05) is 19.5 Å². The molecule has 2 N–H and O–H groups in total. The second kappa shape index (κ2) is 10.7. The first-order valence-corrected chi connectivity index (χ1v) is 11.0. The molecule has 0 aliphatic carbocycles. The fourth-order valence-corrected chi connectivity index (χ4v) is 3.47. The highest BCUT2D eigenvalue weighted by molar-refractivity contribution is 7.79. The van der Waals surface area contributed by atoms with Crippen molar-refractivity contribution >= 4 is 11.1 Å². The van der Waals surface area contributed by atoms with Crippen LogP contribution in [0.25, 0.3) is 16.8 Å². The van der Waals surface area contributed by atoms with E-state index in [0.717, 1.165) is 12.1 Å². The van der Waals surface area contributed by atoms with Crippen LogP contribution in [0.15, 0.2) is 65.6 Å². The molecular formula is C22H20F3NO7S. The lowest BCUT2D eigenvalue weighted by Crippen LogP contribution is -2.24. The van der Waals surface area contributed by atoms with Crippen LogP contribution in [0.1, 0.15) is 0 Å². The van der Waals surface area contributed by atoms with Crippen molar-refractivity contribution in [2.45, 2.75) is 12.5 Å². The zero-order valence-corrected chi connectivity index (χ0v) is 18.5. The van der Waals surface area contributed by atoms with Crippen LogP contribution in [0.5, 0.6) is 17.2 Å². The average Bonchev–Trinajstić information content (AvgIpc) is 2.76. The van der Waals surface area contributed by atoms with Gasteiger partial charge >= 0.3 is 6.36 Å². The number of ether oxygens (including phenoxy) is 3. The largest absolute Gasteiger partial charge is 0.573 e. The summed E-state index contributed by atoms with van der Waals surface area (Å²) in [5.74, 6) is -0.192. The van der Waals surface area contributed by atoms with Crippen LogP contribution in [0.2, 0.25) is 0 Å². The molecule has 0 amide bonds. The Bertz CT molecular complexity index is 1210. The molecule has 2 atom stereocenters. The fraction of sp³-hybridized carbons (Fsp3) is 0.227. The highest BCUT2D eigenvalue weighted by Gasteiger charge is 2.31. The monoisotopic (exact) mass is 499 g/mol. The Labute approximate surface area is 194 Å². The van der Waals surface area contributed by atoms with Crippen LogP contribution in [0, 0.1) is 0 Å². The van der Waals surface area contributed by atoms with Gasteiger partial charge in [-0.1, -0.05) is 12.1 Å². The Kier molecular flexibility index (Phi) is 7.97. The lowest BCUT2D eigenvalue weighted by molar-refractivity contribution is -0.274. The predicted molar refractivity (Wildman–Crippen MR) is 118 cm³/mol. The zero-order chi connectivity index (χ0) is 24.9. The molecule has 0 spiro atoms. The van der Waals surface area contributed by atoms with E-state index in [9.17, 15) is 27.3 Å². The van der Waals surface area contributed by atoms with Gasteiger partial charge in [-0.2, -0.15) is 0 Å². The minimum absolute atomic E-state index is 0.233. The molecular weight excluding hydrogens is 479 g/mol. The van der Waals surface area contributed by atoms with Crippen molar-refractivity contribution in [3.63, 3.8) is 0 Å². The van der Waals surface area contributed by atoms with Crippen LogP contribution in [-0.2, 0) is 11.1 Å². The number of rotatable bonds is 9. The molecule has 3 rings (SSSR count). The molecule has 34 heavy (non-hydrogen) atoms. The first-order valence-electron chi connectivity index (χ1n) is 9.71. The molecule has 0 aliphatic heterocycles. The van der Waals surface area contributed by atoms with Crippen LogP contribution in [0.3, 0.4) is 0 Å². The number of aliphatic hydroxyl groups excluding tert-OH is 1. The SMILES string of the molecule is COc1cc(-n2ccc(-c3ccc(OC(F)(F)F)cc3)cc2=O)ccc1OCC(O)CS(=O)O. The van der Waals surface area contributed by atoms with Gasteiger partial charge in [0.2, 0.25) is 0 Å². The van der Waals surface area contributed by atoms with E-state index in [2.05, 4.69) is 4.74 Å². The van der Waals surface area contributed by atoms with Crippen LogP contribution < -0.4 is 19.8 Å². The maximum absolute atomic E-state index is 12.7. The molecule has 2 unspecified atom stereocenters. The van der Waals surface area contributed by atoms with Gasteiger partial charge in [0.05, 0.1) is 18.6 Å². The van der Waals surface area contributed by atoms with E-state index >= 15 is 0 Å². The molecule has 0 aliphatic rings. The van der Waals surface area contributed by atoms with E-state index in [1.165, 1.54) is 48.2 Å². The van der Waals surface area contributed by atoms with Gasteiger partial charge in [-0.05, 0) is 41.5 Å². The third-order valence-corrected chi connectivity index (χ3v) is 5.20. The third kappa shape index (κ3) is 6.83. The molecule has 0 bridgehead atoms. The van der Waals surface area contributed by atoms with Gasteiger partial charge in [0.15, 0.2) is 22.6 Å². The summed E-state index contributed by atoms with van der Waals surface area (Å²) in [5, 5.41) is 9.68. The smallest absolute Gasteiger partial charge is 0.493 e. The first-order chi connectivity index (χ1) is 16.1. The summed E-state index contributed by atoms with van der Waals surface area (Å²) in [6, 6.07) is 12.8. The van der Waals surface area contributed by atoms with E-state index in [4.69, 9.17) is 14.0 Å². The summed E-state index contributed by atoms with van der Waals surface area (Å²) in [6.07, 6.45) is -4.43. The Morgan fingerprint density at radius 1 is 1.03 bits per heavy atom. The van der Waals surface area contributed by atoms with Crippen molar-refractivity contribution in [2.24, 2.45) is 0 Å². The molecule has 2 aromatic carbocycles. The second-order valence-electron chi connectivity index (χ2n) is 6.98. The number of hydrogen-bond acceptors (Lipinski definition) is 6. The van der Waals surface area contributed by atoms with Gasteiger partial charge in [0.25, 0.3) is 5.56 Å². The lowest BCUT2D eigenvalue weighted by Gasteiger charge is -2.15. The van der Waals surface area contributed by atoms with E-state index in [-0.39, 0.29) is 29.6 Å². The molecule has 0 saturated carbocycles. The van der Waals surface area contributed by atoms with Gasteiger partial charge in [0.1, 0.15) is 18.5 Å². The fourth-order valence-electron chi connectivity index (χ4n) is 3.04. The molecule has 3 aromatic rings. The van der Waals surface area contributed by atoms with E-state index in [1.807, 2.05) is 0 Å². The third-order valence-electron chi connectivity index (χ3n) is 4.53. The summed E-state index contributed by atoms with van der Waals surface area (Å²) in [7, 11) is 1.39. The molecule has 182 valence electrons. The predicted octanol–water partition coefficient (Wildman–Crippen LogP) is 3.37. The van der Waals surface area contributed by atoms with Crippen LogP contribution >= 0.6 is 0 Å². The standard InChI is InChI=1S/C22H20F3NO7S/c1-31-20-11-16(4-7-19(20)32-12-17(27)13-34(29)30)26-9-8-15(10-21(26)28)14-2-5-18(6-3-14)33-22(23,24)25/h2-11,17,27H,12-13H2,1H3,(H,29,30). The number of nitrogens with zero attached hydrogens (tertiary/aromatic N) is 1. The second-order valence-corrected chi connectivity index (χ2v) is 7.96. The van der Waals surface area contributed by atoms with Crippen molar-refractivity contribution in [3.8, 4) is 34.1 Å². The molecule has 1 heterocycles. The Morgan fingerprint density at radius 3 is 2.32 bits per heavy atom. The number of alkyl halides is 3. The lowest BCUT2D eigenvalue weighted by atomic mass is 10.1. The molecule has 8 nitrogen and oxygen atoms in total. The normalized spacial score (nSPS) is 13.2. The van der Waals surface area contributed by atoms with E-state index < -0.39 is 29.1 Å². The van der Waals surface area contributed by atoms with Gasteiger partial charge < -0.3 is 23.9 Å². The van der Waals surface area contributed by atoms with Crippen molar-refractivity contribution in [1.29, 1.82) is 0 Å². The first kappa shape index (κ1) is 25.3. The quantitative estimate of drug-likeness (QED) is 0.435. The molecule has 12 heteroatoms. The summed E-state index contributed by atoms with van der Waals surface area (Å²) < 4.78 is 72.4. The number of aliphatic hydroxyl groups is 1. The summed E-state index contributed by atoms with van der Waals surface area (Å²) in [4.78, 5) is 12.7. The van der Waals surface area contributed by atoms with Crippen molar-refractivity contribution in [1.82, 2.24) is 4.57 Å². The number of aromatic nitrogens is 1. The van der Waals surface area contributed by atoms with Crippen LogP contribution in [-0.4, -0.2) is 50.4 Å². The average molecular weight is 499 g/mol. The maximum Gasteiger partial charge on any atom is 0.573 e. The van der Waals surface area contributed by atoms with Crippen molar-refractivity contribution < 1.29 is 41.3 Å². The number of benzene rings is 2. The van der Waals surface area contributed by atoms with Crippen LogP contribution in [0.4, 0.5) is 13.2 Å². The van der Waals surface area contributed by atoms with E-state index in [1.54, 1.807) is 12.1 Å². The molecule has 0 saturated heterocycles.